The number of hydrogen-bond acceptors (Lipinski definition) is 4. The van der Waals surface area contributed by atoms with E-state index in [0.29, 0.717) is 0 Å². The van der Waals surface area contributed by atoms with E-state index >= 15 is 0 Å². The van der Waals surface area contributed by atoms with Crippen LogP contribution in [0.3, 0.4) is 0 Å². The summed E-state index contributed by atoms with van der Waals surface area (Å²) < 4.78 is 0. The quantitative estimate of drug-likeness (QED) is 0.345. The Balaban J connectivity index is 3.24. The third kappa shape index (κ3) is 2.73. The van der Waals surface area contributed by atoms with Crippen molar-refractivity contribution in [3.05, 3.63) is 0 Å². The molecule has 0 aromatic heterocycles. The van der Waals surface area contributed by atoms with Crippen LogP contribution in [0.15, 0.2) is 0 Å². The molecular weight excluding hydrogens is 96.0 g/mol. The summed E-state index contributed by atoms with van der Waals surface area (Å²) in [5.41, 5.74) is 2.05. The smallest absolute Gasteiger partial charge is 0.359 e. The van der Waals surface area contributed by atoms with E-state index in [2.05, 4.69) is 4.84 Å². The van der Waals surface area contributed by atoms with Crippen LogP contribution in [0.1, 0.15) is 0 Å². The predicted octanol–water partition coefficient (Wildman–Crippen LogP) is -0.812. The molecule has 0 amide bonds. The fraction of sp³-hybridized carbons (Fsp3) is 0.333. The summed E-state index contributed by atoms with van der Waals surface area (Å²) in [5, 5.41) is 7.70. The maximum atomic E-state index is 9.77. The van der Waals surface area contributed by atoms with Crippen molar-refractivity contribution in [2.24, 2.45) is 0 Å². The third-order valence-electron chi connectivity index (χ3n) is 0.286. The van der Waals surface area contributed by atoms with Crippen LogP contribution in [0.4, 0.5) is 0 Å². The summed E-state index contributed by atoms with van der Waals surface area (Å²) in [7, 11) is 1.40. The van der Waals surface area contributed by atoms with Crippen molar-refractivity contribution in [3.63, 3.8) is 0 Å². The molecule has 0 aliphatic rings. The fourth-order valence-electron chi connectivity index (χ4n) is 0.116. The van der Waals surface area contributed by atoms with Crippen LogP contribution in [0.5, 0.6) is 0 Å². The molecular formula is C3H4N2O2. The number of hydroxylamine groups is 1. The van der Waals surface area contributed by atoms with Crippen LogP contribution in [0.25, 0.3) is 0 Å². The molecule has 1 N–H and O–H groups in total. The van der Waals surface area contributed by atoms with Gasteiger partial charge in [-0.05, 0) is 0 Å². The maximum Gasteiger partial charge on any atom is 0.429 e. The summed E-state index contributed by atoms with van der Waals surface area (Å²) in [6, 6.07) is 1.24. The number of rotatable bonds is 1. The minimum absolute atomic E-state index is 0.928. The summed E-state index contributed by atoms with van der Waals surface area (Å²) in [6.07, 6.45) is 0. The van der Waals surface area contributed by atoms with Gasteiger partial charge in [0.05, 0.1) is 0 Å². The van der Waals surface area contributed by atoms with E-state index in [-0.39, 0.29) is 0 Å². The monoisotopic (exact) mass is 100 g/mol. The van der Waals surface area contributed by atoms with E-state index < -0.39 is 5.97 Å². The Kier molecular flexibility index (Phi) is 2.64. The average molecular weight is 100 g/mol. The van der Waals surface area contributed by atoms with Crippen molar-refractivity contribution in [2.75, 3.05) is 7.05 Å². The van der Waals surface area contributed by atoms with E-state index in [4.69, 9.17) is 5.26 Å². The van der Waals surface area contributed by atoms with Gasteiger partial charge < -0.3 is 4.84 Å². The van der Waals surface area contributed by atoms with Gasteiger partial charge in [0.1, 0.15) is 0 Å². The number of nitrogens with one attached hydrogen (secondary N) is 1. The normalized spacial score (nSPS) is 6.86. The van der Waals surface area contributed by atoms with Crippen molar-refractivity contribution in [1.29, 1.82) is 5.26 Å². The fourth-order valence-corrected chi connectivity index (χ4v) is 0.116. The highest BCUT2D eigenvalue weighted by molar-refractivity contribution is 5.85. The second-order valence-electron chi connectivity index (χ2n) is 0.705. The maximum absolute atomic E-state index is 9.77. The number of carbonyl (C=O) groups excluding carboxylic acids is 1. The molecule has 0 saturated heterocycles. The molecule has 0 fully saturated rings. The van der Waals surface area contributed by atoms with Crippen LogP contribution >= 0.6 is 0 Å². The Bertz CT molecular complexity index is 104. The highest BCUT2D eigenvalue weighted by Crippen LogP contribution is 1.62. The number of carbonyl (C=O) groups is 1. The van der Waals surface area contributed by atoms with Crippen molar-refractivity contribution >= 4 is 5.97 Å². The van der Waals surface area contributed by atoms with Crippen LogP contribution in [0.2, 0.25) is 0 Å². The van der Waals surface area contributed by atoms with E-state index in [1.165, 1.54) is 13.1 Å². The molecule has 0 rings (SSSR count). The molecule has 0 aliphatic heterocycles. The molecule has 0 aromatic carbocycles. The van der Waals surface area contributed by atoms with Gasteiger partial charge in [-0.2, -0.15) is 10.7 Å². The van der Waals surface area contributed by atoms with Gasteiger partial charge in [0, 0.05) is 7.05 Å². The zero-order valence-corrected chi connectivity index (χ0v) is 3.76. The Morgan fingerprint density at radius 3 is 2.71 bits per heavy atom. The Labute approximate surface area is 40.6 Å². The topological polar surface area (TPSA) is 62.1 Å². The van der Waals surface area contributed by atoms with E-state index in [9.17, 15) is 4.79 Å². The molecule has 0 heterocycles. The summed E-state index contributed by atoms with van der Waals surface area (Å²) in [5.74, 6) is -0.928. The molecule has 38 valence electrons. The van der Waals surface area contributed by atoms with E-state index in [1.54, 1.807) is 0 Å². The SMILES string of the molecule is CNOC(=O)C#N. The second-order valence-corrected chi connectivity index (χ2v) is 0.705. The minimum atomic E-state index is -0.928. The van der Waals surface area contributed by atoms with Gasteiger partial charge in [-0.25, -0.2) is 4.79 Å². The first-order chi connectivity index (χ1) is 3.31. The molecule has 0 atom stereocenters. The largest absolute Gasteiger partial charge is 0.429 e. The van der Waals surface area contributed by atoms with Gasteiger partial charge in [-0.3, -0.25) is 0 Å². The van der Waals surface area contributed by atoms with Crippen molar-refractivity contribution < 1.29 is 9.63 Å². The Morgan fingerprint density at radius 1 is 2.00 bits per heavy atom. The summed E-state index contributed by atoms with van der Waals surface area (Å²) >= 11 is 0. The van der Waals surface area contributed by atoms with Crippen LogP contribution in [-0.4, -0.2) is 13.0 Å². The number of nitrogens with zero attached hydrogens (tertiary/aromatic N) is 1. The molecule has 4 nitrogen and oxygen atoms in total. The zero-order valence-electron chi connectivity index (χ0n) is 3.76. The lowest BCUT2D eigenvalue weighted by Crippen LogP contribution is -2.12. The number of nitriles is 1. The zero-order chi connectivity index (χ0) is 5.70. The second kappa shape index (κ2) is 3.12. The van der Waals surface area contributed by atoms with Gasteiger partial charge in [0.2, 0.25) is 0 Å². The average Bonchev–Trinajstić information content (AvgIpc) is 1.68. The standard InChI is InChI=1S/C3H4N2O2/c1-5-7-3(6)2-4/h5H,1H3. The minimum Gasteiger partial charge on any atom is -0.359 e. The summed E-state index contributed by atoms with van der Waals surface area (Å²) in [4.78, 5) is 13.7. The molecule has 0 bridgehead atoms. The molecule has 0 spiro atoms. The highest BCUT2D eigenvalue weighted by atomic mass is 16.7. The molecule has 7 heavy (non-hydrogen) atoms. The lowest BCUT2D eigenvalue weighted by Gasteiger charge is -1.88. The third-order valence-corrected chi connectivity index (χ3v) is 0.286. The lowest BCUT2D eigenvalue weighted by atomic mass is 10.8. The predicted molar refractivity (Wildman–Crippen MR) is 20.8 cm³/mol. The molecule has 4 heteroatoms. The number of hydrogen-bond donors (Lipinski definition) is 1. The van der Waals surface area contributed by atoms with Gasteiger partial charge in [0.15, 0.2) is 6.07 Å². The van der Waals surface area contributed by atoms with E-state index in [1.807, 2.05) is 5.48 Å². The van der Waals surface area contributed by atoms with E-state index in [0.717, 1.165) is 0 Å². The lowest BCUT2D eigenvalue weighted by molar-refractivity contribution is -0.142. The van der Waals surface area contributed by atoms with Crippen molar-refractivity contribution in [3.8, 4) is 6.07 Å². The van der Waals surface area contributed by atoms with Crippen molar-refractivity contribution in [2.45, 2.75) is 0 Å². The molecule has 0 saturated carbocycles. The first-order valence-corrected chi connectivity index (χ1v) is 1.59. The van der Waals surface area contributed by atoms with Crippen LogP contribution in [0, 0.1) is 11.3 Å². The highest BCUT2D eigenvalue weighted by Gasteiger charge is 1.92. The van der Waals surface area contributed by atoms with Gasteiger partial charge in [0.25, 0.3) is 0 Å². The van der Waals surface area contributed by atoms with Crippen molar-refractivity contribution in [1.82, 2.24) is 5.48 Å². The van der Waals surface area contributed by atoms with Gasteiger partial charge in [-0.1, -0.05) is 0 Å². The first-order valence-electron chi connectivity index (χ1n) is 1.59. The first kappa shape index (κ1) is 5.92. The molecule has 0 aliphatic carbocycles. The van der Waals surface area contributed by atoms with Gasteiger partial charge >= 0.3 is 5.97 Å². The van der Waals surface area contributed by atoms with Gasteiger partial charge in [-0.15, -0.1) is 0 Å². The Morgan fingerprint density at radius 2 is 2.57 bits per heavy atom. The van der Waals surface area contributed by atoms with Crippen LogP contribution < -0.4 is 5.48 Å². The Hall–Kier alpha value is -1.08. The molecule has 0 radical (unpaired) electrons. The summed E-state index contributed by atoms with van der Waals surface area (Å²) in [6.45, 7) is 0. The molecule has 0 unspecified atom stereocenters. The van der Waals surface area contributed by atoms with Crippen LogP contribution in [-0.2, 0) is 9.63 Å². The molecule has 0 aromatic rings.